The number of carbonyl (C=O) groups is 1. The Morgan fingerprint density at radius 2 is 2.00 bits per heavy atom. The largest absolute Gasteiger partial charge is 0.296 e. The monoisotopic (exact) mass is 345 g/mol. The van der Waals surface area contributed by atoms with Gasteiger partial charge in [-0.3, -0.25) is 9.20 Å². The number of carbonyl (C=O) groups excluding carboxylic acids is 1. The number of fused-ring (bicyclic) bond motifs is 3. The minimum Gasteiger partial charge on any atom is -0.296 e. The summed E-state index contributed by atoms with van der Waals surface area (Å²) in [6, 6.07) is 5.34. The Kier molecular flexibility index (Phi) is 3.28. The molecule has 0 saturated carbocycles. The molecule has 3 aromatic heterocycles. The third-order valence-electron chi connectivity index (χ3n) is 3.63. The van der Waals surface area contributed by atoms with Crippen molar-refractivity contribution < 1.29 is 4.79 Å². The van der Waals surface area contributed by atoms with Gasteiger partial charge in [-0.1, -0.05) is 29.3 Å². The summed E-state index contributed by atoms with van der Waals surface area (Å²) >= 11 is 12.1. The van der Waals surface area contributed by atoms with E-state index < -0.39 is 0 Å². The Morgan fingerprint density at radius 3 is 2.78 bits per heavy atom. The zero-order valence-electron chi connectivity index (χ0n) is 11.6. The maximum atomic E-state index is 11.0. The molecule has 0 N–H and O–H groups in total. The fourth-order valence-electron chi connectivity index (χ4n) is 2.49. The number of nitrogens with zero attached hydrogens (tertiary/aromatic N) is 5. The number of hydrogen-bond donors (Lipinski definition) is 0. The minimum atomic E-state index is 0.447. The Morgan fingerprint density at radius 1 is 1.13 bits per heavy atom. The summed E-state index contributed by atoms with van der Waals surface area (Å²) in [7, 11) is 0. The van der Waals surface area contributed by atoms with Crippen LogP contribution < -0.4 is 0 Å². The molecule has 0 fully saturated rings. The second-order valence-corrected chi connectivity index (χ2v) is 5.86. The fraction of sp³-hybridized carbons (Fsp3) is 0.0667. The molecule has 6 nitrogen and oxygen atoms in total. The lowest BCUT2D eigenvalue weighted by Gasteiger charge is -2.06. The van der Waals surface area contributed by atoms with Crippen LogP contribution >= 0.6 is 23.2 Å². The molecule has 114 valence electrons. The lowest BCUT2D eigenvalue weighted by Crippen LogP contribution is -2.04. The zero-order valence-corrected chi connectivity index (χ0v) is 13.2. The zero-order chi connectivity index (χ0) is 16.0. The van der Waals surface area contributed by atoms with Crippen molar-refractivity contribution in [2.75, 3.05) is 0 Å². The quantitative estimate of drug-likeness (QED) is 0.534. The normalized spacial score (nSPS) is 11.4. The smallest absolute Gasteiger partial charge is 0.168 e. The van der Waals surface area contributed by atoms with Gasteiger partial charge in [0.1, 0.15) is 12.0 Å². The van der Waals surface area contributed by atoms with E-state index in [0.717, 1.165) is 17.2 Å². The summed E-state index contributed by atoms with van der Waals surface area (Å²) in [6.45, 7) is 0.462. The van der Waals surface area contributed by atoms with Crippen LogP contribution in [0.15, 0.2) is 36.9 Å². The molecule has 0 aliphatic heterocycles. The van der Waals surface area contributed by atoms with E-state index in [1.54, 1.807) is 33.7 Å². The van der Waals surface area contributed by atoms with Gasteiger partial charge in [0.15, 0.2) is 17.6 Å². The van der Waals surface area contributed by atoms with Crippen LogP contribution in [-0.2, 0) is 6.54 Å². The van der Waals surface area contributed by atoms with Gasteiger partial charge in [0.05, 0.1) is 24.3 Å². The summed E-state index contributed by atoms with van der Waals surface area (Å²) in [4.78, 5) is 19.6. The van der Waals surface area contributed by atoms with E-state index in [4.69, 9.17) is 23.2 Å². The van der Waals surface area contributed by atoms with E-state index in [2.05, 4.69) is 15.1 Å². The summed E-state index contributed by atoms with van der Waals surface area (Å²) < 4.78 is 3.37. The first-order valence-electron chi connectivity index (χ1n) is 6.74. The van der Waals surface area contributed by atoms with Crippen LogP contribution in [0.25, 0.3) is 16.7 Å². The first kappa shape index (κ1) is 14.2. The molecular weight excluding hydrogens is 337 g/mol. The van der Waals surface area contributed by atoms with Crippen molar-refractivity contribution >= 4 is 46.2 Å². The summed E-state index contributed by atoms with van der Waals surface area (Å²) in [5.41, 5.74) is 2.65. The molecule has 1 aromatic carbocycles. The van der Waals surface area contributed by atoms with Gasteiger partial charge in [-0.2, -0.15) is 5.10 Å². The number of imidazole rings is 1. The maximum absolute atomic E-state index is 11.0. The van der Waals surface area contributed by atoms with Gasteiger partial charge in [0.25, 0.3) is 0 Å². The van der Waals surface area contributed by atoms with E-state index in [1.807, 2.05) is 6.07 Å². The Balaban J connectivity index is 1.83. The van der Waals surface area contributed by atoms with Crippen LogP contribution in [0.5, 0.6) is 0 Å². The molecule has 0 aliphatic carbocycles. The fourth-order valence-corrected chi connectivity index (χ4v) is 2.96. The molecule has 0 radical (unpaired) electrons. The highest BCUT2D eigenvalue weighted by Crippen LogP contribution is 2.23. The number of halogens is 2. The topological polar surface area (TPSA) is 65.1 Å². The van der Waals surface area contributed by atoms with E-state index in [9.17, 15) is 4.79 Å². The predicted molar refractivity (Wildman–Crippen MR) is 87.2 cm³/mol. The maximum Gasteiger partial charge on any atom is 0.168 e. The highest BCUT2D eigenvalue weighted by atomic mass is 35.5. The van der Waals surface area contributed by atoms with Gasteiger partial charge in [-0.25, -0.2) is 14.6 Å². The van der Waals surface area contributed by atoms with Gasteiger partial charge >= 0.3 is 0 Å². The number of aromatic nitrogens is 5. The molecule has 0 atom stereocenters. The van der Waals surface area contributed by atoms with Crippen LogP contribution in [0.2, 0.25) is 10.0 Å². The van der Waals surface area contributed by atoms with Gasteiger partial charge in [-0.05, 0) is 17.7 Å². The minimum absolute atomic E-state index is 0.447. The van der Waals surface area contributed by atoms with E-state index in [1.165, 1.54) is 6.20 Å². The second-order valence-electron chi connectivity index (χ2n) is 5.01. The number of hydrogen-bond acceptors (Lipinski definition) is 4. The van der Waals surface area contributed by atoms with Crippen LogP contribution in [0, 0.1) is 0 Å². The Labute approximate surface area is 140 Å². The third kappa shape index (κ3) is 2.27. The molecular formula is C15H9Cl2N5O. The van der Waals surface area contributed by atoms with Crippen molar-refractivity contribution in [3.05, 3.63) is 58.2 Å². The van der Waals surface area contributed by atoms with Gasteiger partial charge in [0, 0.05) is 10.0 Å². The average molecular weight is 346 g/mol. The van der Waals surface area contributed by atoms with Crippen LogP contribution in [0.3, 0.4) is 0 Å². The molecule has 0 spiro atoms. The van der Waals surface area contributed by atoms with Gasteiger partial charge in [-0.15, -0.1) is 0 Å². The molecule has 0 bridgehead atoms. The van der Waals surface area contributed by atoms with Crippen molar-refractivity contribution in [2.24, 2.45) is 0 Å². The van der Waals surface area contributed by atoms with Gasteiger partial charge in [0.2, 0.25) is 0 Å². The number of benzene rings is 1. The van der Waals surface area contributed by atoms with E-state index in [0.29, 0.717) is 33.6 Å². The second kappa shape index (κ2) is 5.33. The summed E-state index contributed by atoms with van der Waals surface area (Å²) in [6.07, 6.45) is 5.50. The Bertz CT molecular complexity index is 1050. The van der Waals surface area contributed by atoms with Crippen LogP contribution in [-0.4, -0.2) is 30.4 Å². The van der Waals surface area contributed by atoms with Crippen molar-refractivity contribution in [1.29, 1.82) is 0 Å². The summed E-state index contributed by atoms with van der Waals surface area (Å²) in [5, 5.41) is 6.29. The van der Waals surface area contributed by atoms with E-state index >= 15 is 0 Å². The average Bonchev–Trinajstić information content (AvgIpc) is 3.13. The van der Waals surface area contributed by atoms with Crippen molar-refractivity contribution in [3.63, 3.8) is 0 Å². The van der Waals surface area contributed by atoms with Crippen LogP contribution in [0.4, 0.5) is 0 Å². The molecule has 4 rings (SSSR count). The lowest BCUT2D eigenvalue weighted by molar-refractivity contribution is 0.111. The molecule has 23 heavy (non-hydrogen) atoms. The first-order chi connectivity index (χ1) is 11.2. The van der Waals surface area contributed by atoms with E-state index in [-0.39, 0.29) is 0 Å². The first-order valence-corrected chi connectivity index (χ1v) is 7.49. The lowest BCUT2D eigenvalue weighted by atomic mass is 10.2. The standard InChI is InChI=1S/C15H9Cl2N5O/c16-10-2-1-9(13(17)3-10)6-22-15-12(5-20-22)14-18-4-11(7-23)21(14)8-19-15/h1-5,7-8H,6H2. The van der Waals surface area contributed by atoms with Crippen molar-refractivity contribution in [3.8, 4) is 0 Å². The number of rotatable bonds is 3. The number of aldehydes is 1. The summed E-state index contributed by atoms with van der Waals surface area (Å²) in [5.74, 6) is 0. The third-order valence-corrected chi connectivity index (χ3v) is 4.22. The SMILES string of the molecule is O=Cc1cnc2c3cnn(Cc4ccc(Cl)cc4Cl)c3ncn12. The predicted octanol–water partition coefficient (Wildman–Crippen LogP) is 3.25. The van der Waals surface area contributed by atoms with Crippen LogP contribution in [0.1, 0.15) is 16.1 Å². The molecule has 0 amide bonds. The highest BCUT2D eigenvalue weighted by molar-refractivity contribution is 6.35. The molecule has 8 heteroatoms. The molecule has 0 saturated heterocycles. The van der Waals surface area contributed by atoms with Gasteiger partial charge < -0.3 is 0 Å². The molecule has 0 aliphatic rings. The van der Waals surface area contributed by atoms with Crippen molar-refractivity contribution in [1.82, 2.24) is 24.1 Å². The van der Waals surface area contributed by atoms with Crippen molar-refractivity contribution in [2.45, 2.75) is 6.54 Å². The molecule has 0 unspecified atom stereocenters. The Hall–Kier alpha value is -2.44. The molecule has 3 heterocycles. The molecule has 4 aromatic rings. The highest BCUT2D eigenvalue weighted by Gasteiger charge is 2.13.